The fourth-order valence-electron chi connectivity index (χ4n) is 2.93. The van der Waals surface area contributed by atoms with Crippen LogP contribution >= 0.6 is 0 Å². The van der Waals surface area contributed by atoms with Crippen LogP contribution in [0.4, 0.5) is 4.39 Å². The van der Waals surface area contributed by atoms with E-state index in [-0.39, 0.29) is 11.9 Å². The van der Waals surface area contributed by atoms with Crippen molar-refractivity contribution < 1.29 is 4.39 Å². The first-order chi connectivity index (χ1) is 9.93. The molecule has 114 valence electrons. The van der Waals surface area contributed by atoms with E-state index in [2.05, 4.69) is 24.3 Å². The number of aromatic nitrogens is 2. The molecule has 0 radical (unpaired) electrons. The first-order valence-electron chi connectivity index (χ1n) is 7.42. The van der Waals surface area contributed by atoms with Gasteiger partial charge < -0.3 is 5.32 Å². The number of halogens is 1. The minimum absolute atomic E-state index is 0.176. The SMILES string of the molecule is CCNC(Cc1ccc(F)cc1C)c1c(C)nn(C)c1C. The van der Waals surface area contributed by atoms with Crippen LogP contribution in [0.5, 0.6) is 0 Å². The molecule has 0 saturated carbocycles. The van der Waals surface area contributed by atoms with Gasteiger partial charge in [0.1, 0.15) is 5.82 Å². The fourth-order valence-corrected chi connectivity index (χ4v) is 2.93. The smallest absolute Gasteiger partial charge is 0.123 e. The Labute approximate surface area is 126 Å². The van der Waals surface area contributed by atoms with Gasteiger partial charge in [-0.05, 0) is 57.0 Å². The van der Waals surface area contributed by atoms with Crippen molar-refractivity contribution >= 4 is 0 Å². The van der Waals surface area contributed by atoms with Gasteiger partial charge in [-0.1, -0.05) is 13.0 Å². The summed E-state index contributed by atoms with van der Waals surface area (Å²) >= 11 is 0. The Morgan fingerprint density at radius 1 is 1.29 bits per heavy atom. The molecule has 0 aliphatic carbocycles. The van der Waals surface area contributed by atoms with E-state index in [0.717, 1.165) is 24.2 Å². The monoisotopic (exact) mass is 289 g/mol. The zero-order valence-corrected chi connectivity index (χ0v) is 13.5. The van der Waals surface area contributed by atoms with Gasteiger partial charge in [0, 0.05) is 24.3 Å². The highest BCUT2D eigenvalue weighted by molar-refractivity contribution is 5.33. The van der Waals surface area contributed by atoms with Gasteiger partial charge in [0.05, 0.1) is 5.69 Å². The fraction of sp³-hybridized carbons (Fsp3) is 0.471. The third kappa shape index (κ3) is 3.32. The van der Waals surface area contributed by atoms with Gasteiger partial charge in [0.2, 0.25) is 0 Å². The molecule has 3 nitrogen and oxygen atoms in total. The molecule has 1 aromatic carbocycles. The average Bonchev–Trinajstić information content (AvgIpc) is 2.66. The Balaban J connectivity index is 2.35. The van der Waals surface area contributed by atoms with Crippen LogP contribution in [0, 0.1) is 26.6 Å². The van der Waals surface area contributed by atoms with Crippen molar-refractivity contribution in [2.75, 3.05) is 6.54 Å². The third-order valence-electron chi connectivity index (χ3n) is 4.09. The molecule has 2 rings (SSSR count). The van der Waals surface area contributed by atoms with Crippen molar-refractivity contribution in [1.82, 2.24) is 15.1 Å². The molecule has 1 aromatic heterocycles. The Hall–Kier alpha value is -1.68. The summed E-state index contributed by atoms with van der Waals surface area (Å²) in [5.74, 6) is -0.176. The van der Waals surface area contributed by atoms with Crippen LogP contribution < -0.4 is 5.32 Å². The van der Waals surface area contributed by atoms with Crippen molar-refractivity contribution in [3.63, 3.8) is 0 Å². The lowest BCUT2D eigenvalue weighted by atomic mass is 9.94. The topological polar surface area (TPSA) is 29.9 Å². The van der Waals surface area contributed by atoms with Crippen molar-refractivity contribution in [2.45, 2.75) is 40.2 Å². The minimum atomic E-state index is -0.176. The van der Waals surface area contributed by atoms with E-state index in [1.54, 1.807) is 6.07 Å². The van der Waals surface area contributed by atoms with Crippen LogP contribution in [-0.4, -0.2) is 16.3 Å². The van der Waals surface area contributed by atoms with E-state index in [1.807, 2.05) is 31.6 Å². The quantitative estimate of drug-likeness (QED) is 0.914. The zero-order chi connectivity index (χ0) is 15.6. The summed E-state index contributed by atoms with van der Waals surface area (Å²) in [5, 5.41) is 8.05. The maximum atomic E-state index is 13.3. The largest absolute Gasteiger partial charge is 0.310 e. The van der Waals surface area contributed by atoms with Crippen LogP contribution in [0.25, 0.3) is 0 Å². The molecule has 1 N–H and O–H groups in total. The van der Waals surface area contributed by atoms with Gasteiger partial charge in [0.15, 0.2) is 0 Å². The number of rotatable bonds is 5. The van der Waals surface area contributed by atoms with Gasteiger partial charge in [-0.15, -0.1) is 0 Å². The molecule has 0 aliphatic rings. The predicted molar refractivity (Wildman–Crippen MR) is 83.9 cm³/mol. The van der Waals surface area contributed by atoms with Gasteiger partial charge in [-0.2, -0.15) is 5.10 Å². The lowest BCUT2D eigenvalue weighted by molar-refractivity contribution is 0.541. The number of likely N-dealkylation sites (N-methyl/N-ethyl adjacent to an activating group) is 1. The van der Waals surface area contributed by atoms with Crippen LogP contribution in [0.1, 0.15) is 41.0 Å². The molecule has 1 heterocycles. The van der Waals surface area contributed by atoms with Crippen LogP contribution in [0.15, 0.2) is 18.2 Å². The molecule has 0 bridgehead atoms. The lowest BCUT2D eigenvalue weighted by Gasteiger charge is -2.20. The molecule has 4 heteroatoms. The Morgan fingerprint density at radius 3 is 2.52 bits per heavy atom. The summed E-state index contributed by atoms with van der Waals surface area (Å²) in [4.78, 5) is 0. The van der Waals surface area contributed by atoms with E-state index >= 15 is 0 Å². The maximum absolute atomic E-state index is 13.3. The van der Waals surface area contributed by atoms with Crippen molar-refractivity contribution in [2.24, 2.45) is 7.05 Å². The van der Waals surface area contributed by atoms with Gasteiger partial charge in [-0.25, -0.2) is 4.39 Å². The second-order valence-electron chi connectivity index (χ2n) is 5.59. The molecule has 0 saturated heterocycles. The lowest BCUT2D eigenvalue weighted by Crippen LogP contribution is -2.24. The van der Waals surface area contributed by atoms with Crippen molar-refractivity contribution in [3.8, 4) is 0 Å². The molecule has 0 spiro atoms. The first kappa shape index (κ1) is 15.7. The molecule has 1 atom stereocenters. The van der Waals surface area contributed by atoms with E-state index in [0.29, 0.717) is 0 Å². The Morgan fingerprint density at radius 2 is 2.00 bits per heavy atom. The van der Waals surface area contributed by atoms with Gasteiger partial charge in [-0.3, -0.25) is 4.68 Å². The number of aryl methyl sites for hydroxylation is 3. The minimum Gasteiger partial charge on any atom is -0.310 e. The van der Waals surface area contributed by atoms with Crippen LogP contribution in [0.2, 0.25) is 0 Å². The van der Waals surface area contributed by atoms with Crippen molar-refractivity contribution in [3.05, 3.63) is 52.1 Å². The molecule has 0 amide bonds. The number of hydrogen-bond acceptors (Lipinski definition) is 2. The normalized spacial score (nSPS) is 12.7. The van der Waals surface area contributed by atoms with E-state index in [9.17, 15) is 4.39 Å². The molecular formula is C17H24FN3. The summed E-state index contributed by atoms with van der Waals surface area (Å²) in [6.45, 7) is 9.09. The number of hydrogen-bond donors (Lipinski definition) is 1. The molecule has 1 unspecified atom stereocenters. The van der Waals surface area contributed by atoms with E-state index < -0.39 is 0 Å². The molecule has 21 heavy (non-hydrogen) atoms. The van der Waals surface area contributed by atoms with E-state index in [4.69, 9.17) is 0 Å². The van der Waals surface area contributed by atoms with Crippen LogP contribution in [0.3, 0.4) is 0 Å². The highest BCUT2D eigenvalue weighted by Gasteiger charge is 2.20. The van der Waals surface area contributed by atoms with Crippen LogP contribution in [-0.2, 0) is 13.5 Å². The Bertz CT molecular complexity index is 631. The summed E-state index contributed by atoms with van der Waals surface area (Å²) in [7, 11) is 1.97. The summed E-state index contributed by atoms with van der Waals surface area (Å²) in [6, 6.07) is 5.22. The zero-order valence-electron chi connectivity index (χ0n) is 13.5. The Kier molecular flexibility index (Phi) is 4.78. The standard InChI is InChI=1S/C17H24FN3/c1-6-19-16(17-12(3)20-21(5)13(17)4)10-14-7-8-15(18)9-11(14)2/h7-9,16,19H,6,10H2,1-5H3. The third-order valence-corrected chi connectivity index (χ3v) is 4.09. The number of nitrogens with one attached hydrogen (secondary N) is 1. The first-order valence-corrected chi connectivity index (χ1v) is 7.42. The summed E-state index contributed by atoms with van der Waals surface area (Å²) < 4.78 is 15.2. The summed E-state index contributed by atoms with van der Waals surface area (Å²) in [6.07, 6.45) is 0.841. The van der Waals surface area contributed by atoms with Gasteiger partial charge >= 0.3 is 0 Å². The molecular weight excluding hydrogens is 265 g/mol. The highest BCUT2D eigenvalue weighted by Crippen LogP contribution is 2.26. The molecule has 0 fully saturated rings. The molecule has 2 aromatic rings. The number of nitrogens with zero attached hydrogens (tertiary/aromatic N) is 2. The summed E-state index contributed by atoms with van der Waals surface area (Å²) in [5.41, 5.74) is 5.66. The van der Waals surface area contributed by atoms with Gasteiger partial charge in [0.25, 0.3) is 0 Å². The average molecular weight is 289 g/mol. The maximum Gasteiger partial charge on any atom is 0.123 e. The second-order valence-corrected chi connectivity index (χ2v) is 5.59. The number of benzene rings is 1. The second kappa shape index (κ2) is 6.39. The van der Waals surface area contributed by atoms with Crippen molar-refractivity contribution in [1.29, 1.82) is 0 Å². The predicted octanol–water partition coefficient (Wildman–Crippen LogP) is 3.38. The molecule has 0 aliphatic heterocycles. The highest BCUT2D eigenvalue weighted by atomic mass is 19.1. The van der Waals surface area contributed by atoms with E-state index in [1.165, 1.54) is 22.9 Å².